The van der Waals surface area contributed by atoms with E-state index in [-0.39, 0.29) is 0 Å². The number of nitrogens with zero attached hydrogens (tertiary/aromatic N) is 5. The lowest BCUT2D eigenvalue weighted by molar-refractivity contribution is 0.934. The molecule has 0 aromatic carbocycles. The van der Waals surface area contributed by atoms with Crippen LogP contribution < -0.4 is 0 Å². The van der Waals surface area contributed by atoms with E-state index in [9.17, 15) is 0 Å². The van der Waals surface area contributed by atoms with Crippen LogP contribution in [0.25, 0.3) is 17.0 Å². The van der Waals surface area contributed by atoms with Gasteiger partial charge in [-0.05, 0) is 24.3 Å². The van der Waals surface area contributed by atoms with Crippen molar-refractivity contribution < 1.29 is 0 Å². The smallest absolute Gasteiger partial charge is 0.186 e. The standard InChI is InChI=1S/C10H7N5/c1-3-8(7-11-5-1)10-14-13-9-4-2-6-12-15(9)10/h1-7H. The molecule has 0 radical (unpaired) electrons. The number of fused-ring (bicyclic) bond motifs is 1. The Hall–Kier alpha value is -2.30. The van der Waals surface area contributed by atoms with Gasteiger partial charge in [-0.3, -0.25) is 4.98 Å². The van der Waals surface area contributed by atoms with Gasteiger partial charge in [-0.15, -0.1) is 10.2 Å². The van der Waals surface area contributed by atoms with Crippen LogP contribution in [0.2, 0.25) is 0 Å². The first-order valence-corrected chi connectivity index (χ1v) is 4.52. The van der Waals surface area contributed by atoms with Gasteiger partial charge in [-0.25, -0.2) is 0 Å². The molecule has 0 aliphatic rings. The van der Waals surface area contributed by atoms with E-state index in [1.165, 1.54) is 0 Å². The van der Waals surface area contributed by atoms with E-state index in [0.717, 1.165) is 11.2 Å². The molecule has 5 nitrogen and oxygen atoms in total. The minimum atomic E-state index is 0.707. The zero-order chi connectivity index (χ0) is 10.1. The Kier molecular flexibility index (Phi) is 1.68. The lowest BCUT2D eigenvalue weighted by Gasteiger charge is -1.96. The van der Waals surface area contributed by atoms with E-state index in [0.29, 0.717) is 5.82 Å². The molecular weight excluding hydrogens is 190 g/mol. The lowest BCUT2D eigenvalue weighted by Crippen LogP contribution is -1.93. The van der Waals surface area contributed by atoms with Crippen LogP contribution in [0.5, 0.6) is 0 Å². The molecule has 0 bridgehead atoms. The van der Waals surface area contributed by atoms with Crippen LogP contribution in [-0.4, -0.2) is 24.8 Å². The van der Waals surface area contributed by atoms with Crippen LogP contribution in [0.1, 0.15) is 0 Å². The summed E-state index contributed by atoms with van der Waals surface area (Å²) < 4.78 is 1.69. The maximum Gasteiger partial charge on any atom is 0.186 e. The molecule has 0 N–H and O–H groups in total. The molecule has 72 valence electrons. The number of pyridine rings is 1. The Morgan fingerprint density at radius 3 is 2.80 bits per heavy atom. The highest BCUT2D eigenvalue weighted by Gasteiger charge is 2.07. The molecule has 0 atom stereocenters. The van der Waals surface area contributed by atoms with Gasteiger partial charge < -0.3 is 0 Å². The molecule has 0 aliphatic heterocycles. The van der Waals surface area contributed by atoms with Crippen molar-refractivity contribution in [2.75, 3.05) is 0 Å². The quantitative estimate of drug-likeness (QED) is 0.588. The van der Waals surface area contributed by atoms with Crippen LogP contribution >= 0.6 is 0 Å². The summed E-state index contributed by atoms with van der Waals surface area (Å²) in [5.74, 6) is 0.707. The summed E-state index contributed by atoms with van der Waals surface area (Å²) in [5, 5.41) is 12.3. The van der Waals surface area contributed by atoms with Gasteiger partial charge in [-0.1, -0.05) is 0 Å². The molecule has 0 amide bonds. The van der Waals surface area contributed by atoms with Crippen molar-refractivity contribution in [3.63, 3.8) is 0 Å². The average Bonchev–Trinajstić information content (AvgIpc) is 2.74. The van der Waals surface area contributed by atoms with Crippen LogP contribution in [0, 0.1) is 0 Å². The largest absolute Gasteiger partial charge is 0.264 e. The minimum Gasteiger partial charge on any atom is -0.264 e. The Labute approximate surface area is 85.4 Å². The first-order valence-electron chi connectivity index (χ1n) is 4.52. The Morgan fingerprint density at radius 2 is 1.93 bits per heavy atom. The fourth-order valence-electron chi connectivity index (χ4n) is 1.42. The molecule has 0 spiro atoms. The van der Waals surface area contributed by atoms with E-state index in [2.05, 4.69) is 20.3 Å². The highest BCUT2D eigenvalue weighted by Crippen LogP contribution is 2.14. The fourth-order valence-corrected chi connectivity index (χ4v) is 1.42. The number of hydrogen-bond acceptors (Lipinski definition) is 4. The van der Waals surface area contributed by atoms with Crippen molar-refractivity contribution in [2.45, 2.75) is 0 Å². The maximum atomic E-state index is 4.18. The van der Waals surface area contributed by atoms with Gasteiger partial charge in [0.2, 0.25) is 0 Å². The Balaban J connectivity index is 2.28. The van der Waals surface area contributed by atoms with Gasteiger partial charge in [0.1, 0.15) is 0 Å². The van der Waals surface area contributed by atoms with Gasteiger partial charge in [0, 0.05) is 24.2 Å². The molecule has 0 unspecified atom stereocenters. The third kappa shape index (κ3) is 1.25. The van der Waals surface area contributed by atoms with Crippen molar-refractivity contribution in [2.24, 2.45) is 0 Å². The predicted molar refractivity (Wildman–Crippen MR) is 54.0 cm³/mol. The zero-order valence-corrected chi connectivity index (χ0v) is 7.78. The summed E-state index contributed by atoms with van der Waals surface area (Å²) in [6.45, 7) is 0. The SMILES string of the molecule is c1cncc(-c2nnc3cccnn23)c1. The molecule has 3 heterocycles. The Bertz CT molecular complexity index is 587. The minimum absolute atomic E-state index is 0.707. The van der Waals surface area contributed by atoms with E-state index in [1.54, 1.807) is 23.1 Å². The van der Waals surface area contributed by atoms with Gasteiger partial charge in [0.15, 0.2) is 11.5 Å². The summed E-state index contributed by atoms with van der Waals surface area (Å²) in [6.07, 6.45) is 5.17. The summed E-state index contributed by atoms with van der Waals surface area (Å²) in [7, 11) is 0. The monoisotopic (exact) mass is 197 g/mol. The predicted octanol–water partition coefficient (Wildman–Crippen LogP) is 1.19. The van der Waals surface area contributed by atoms with Crippen molar-refractivity contribution in [3.05, 3.63) is 42.9 Å². The molecule has 0 saturated heterocycles. The van der Waals surface area contributed by atoms with Gasteiger partial charge in [-0.2, -0.15) is 9.61 Å². The topological polar surface area (TPSA) is 56.0 Å². The Morgan fingerprint density at radius 1 is 1.00 bits per heavy atom. The van der Waals surface area contributed by atoms with Gasteiger partial charge in [0.05, 0.1) is 0 Å². The maximum absolute atomic E-state index is 4.18. The summed E-state index contributed by atoms with van der Waals surface area (Å²) in [5.41, 5.74) is 1.64. The number of rotatable bonds is 1. The first kappa shape index (κ1) is 8.05. The summed E-state index contributed by atoms with van der Waals surface area (Å²) >= 11 is 0. The number of hydrogen-bond donors (Lipinski definition) is 0. The van der Waals surface area contributed by atoms with Crippen LogP contribution in [0.4, 0.5) is 0 Å². The van der Waals surface area contributed by atoms with E-state index in [1.807, 2.05) is 24.3 Å². The summed E-state index contributed by atoms with van der Waals surface area (Å²) in [6, 6.07) is 7.48. The van der Waals surface area contributed by atoms with Crippen molar-refractivity contribution in [3.8, 4) is 11.4 Å². The zero-order valence-electron chi connectivity index (χ0n) is 7.78. The second kappa shape index (κ2) is 3.13. The van der Waals surface area contributed by atoms with Crippen LogP contribution in [0.3, 0.4) is 0 Å². The molecule has 3 aromatic heterocycles. The van der Waals surface area contributed by atoms with Gasteiger partial charge in [0.25, 0.3) is 0 Å². The molecule has 5 heteroatoms. The molecular formula is C10H7N5. The normalized spacial score (nSPS) is 10.7. The van der Waals surface area contributed by atoms with E-state index in [4.69, 9.17) is 0 Å². The highest BCUT2D eigenvalue weighted by atomic mass is 15.4. The van der Waals surface area contributed by atoms with Crippen molar-refractivity contribution in [1.82, 2.24) is 24.8 Å². The molecule has 15 heavy (non-hydrogen) atoms. The first-order chi connectivity index (χ1) is 7.45. The average molecular weight is 197 g/mol. The molecule has 0 aliphatic carbocycles. The molecule has 3 aromatic rings. The second-order valence-electron chi connectivity index (χ2n) is 3.06. The summed E-state index contributed by atoms with van der Waals surface area (Å²) in [4.78, 5) is 4.04. The fraction of sp³-hybridized carbons (Fsp3) is 0. The lowest BCUT2D eigenvalue weighted by atomic mass is 10.3. The van der Waals surface area contributed by atoms with Crippen molar-refractivity contribution >= 4 is 5.65 Å². The third-order valence-corrected chi connectivity index (χ3v) is 2.10. The van der Waals surface area contributed by atoms with Crippen LogP contribution in [-0.2, 0) is 0 Å². The van der Waals surface area contributed by atoms with E-state index < -0.39 is 0 Å². The van der Waals surface area contributed by atoms with Crippen LogP contribution in [0.15, 0.2) is 42.9 Å². The van der Waals surface area contributed by atoms with Crippen molar-refractivity contribution in [1.29, 1.82) is 0 Å². The van der Waals surface area contributed by atoms with Gasteiger partial charge >= 0.3 is 0 Å². The van der Waals surface area contributed by atoms with E-state index >= 15 is 0 Å². The second-order valence-corrected chi connectivity index (χ2v) is 3.06. The molecule has 3 rings (SSSR count). The highest BCUT2D eigenvalue weighted by molar-refractivity contribution is 5.56. The number of aromatic nitrogens is 5. The molecule has 0 saturated carbocycles. The third-order valence-electron chi connectivity index (χ3n) is 2.10. The molecule has 0 fully saturated rings.